The molecule has 569 valence electrons. The van der Waals surface area contributed by atoms with Gasteiger partial charge in [-0.2, -0.15) is 49.9 Å². The predicted molar refractivity (Wildman–Crippen MR) is 473 cm³/mol. The molecule has 0 spiro atoms. The van der Waals surface area contributed by atoms with E-state index in [1.165, 1.54) is 41.4 Å². The van der Waals surface area contributed by atoms with E-state index >= 15 is 0 Å². The molecule has 0 N–H and O–H groups in total. The third kappa shape index (κ3) is 77.6. The molecule has 3 fully saturated rings. The molecule has 4 heterocycles. The van der Waals surface area contributed by atoms with Crippen LogP contribution in [0.4, 0.5) is 0 Å². The number of halogens is 1. The van der Waals surface area contributed by atoms with Gasteiger partial charge in [-0.1, -0.05) is 107 Å². The second kappa shape index (κ2) is 70.1. The van der Waals surface area contributed by atoms with Gasteiger partial charge in [-0.3, -0.25) is 19.2 Å². The normalized spacial score (nSPS) is 19.2. The van der Waals surface area contributed by atoms with Crippen LogP contribution in [0.2, 0.25) is 39.3 Å². The van der Waals surface area contributed by atoms with E-state index in [1.807, 2.05) is 27.7 Å². The van der Waals surface area contributed by atoms with E-state index in [0.717, 1.165) is 85.4 Å². The Morgan fingerprint density at radius 3 is 1.39 bits per heavy atom. The second-order valence-electron chi connectivity index (χ2n) is 23.1. The molecule has 0 bridgehead atoms. The number of ether oxygens (including phenoxy) is 5. The standard InChI is InChI=1S/C12H22BO3PS2.C11H20BO4PS2.C10H18BO3PS.C8H16O2Si.C7H12BO3PS.C7H16OSSi.C3H6BO2PS.C2H6.HI/c1-3-19-12(14)8-11-7-9(2)6-10(16-11)4-5-15-13(17)18;1-2-19-11(14)7-10-6-8(13)5-9(16-10)3-4-15-12(17)18;1-8-6-9(2-4-12)14-10(7-8)3-5-13-11(15)16;1-8(6-7-9-2)10-11(3,4)5;9-6-1-3-10-7(5-6)2-4-11-8(12)13;1-6-9-7(2)8-10(3,4)5;4-8(7)6-3-1-2-5;1-2;/h10-11,18H,2-8,17H2,1H3;9-10,18H,2-7,17H2,1H3;4,9-10,16H,1-3,5-7,15H2;6-7H,1H2,2-5H3;1,3,7,13H,2,4-5,12H2;2,6H2,1,3-5H3;2,7H,1,3H2;1-2H3;1H/q;;;;;;-1;;/b;;;7-6+;;;;;/t10-,11+;9-,10+;9-,10-;;7-;;;;/m000.0..../s1. The van der Waals surface area contributed by atoms with E-state index in [2.05, 4.69) is 167 Å². The predicted octanol–water partition coefficient (Wildman–Crippen LogP) is 15.3. The Morgan fingerprint density at radius 1 is 0.636 bits per heavy atom. The fraction of sp³-hybridized carbons (Fsp3) is 0.700. The summed E-state index contributed by atoms with van der Waals surface area (Å²) >= 11 is 20.7. The van der Waals surface area contributed by atoms with E-state index in [1.54, 1.807) is 31.2 Å². The summed E-state index contributed by atoms with van der Waals surface area (Å²) in [6.07, 6.45) is 16.9. The summed E-state index contributed by atoms with van der Waals surface area (Å²) < 4.78 is 64.5. The Labute approximate surface area is 666 Å². The summed E-state index contributed by atoms with van der Waals surface area (Å²) in [6.45, 7) is 46.2. The Balaban J connectivity index is -0.000000351. The van der Waals surface area contributed by atoms with Crippen LogP contribution >= 0.6 is 154 Å². The van der Waals surface area contributed by atoms with E-state index < -0.39 is 26.4 Å². The molecular formula is C60H117B5IO18P5S8Si2-. The van der Waals surface area contributed by atoms with Crippen LogP contribution in [-0.4, -0.2) is 182 Å². The molecule has 0 aromatic rings. The van der Waals surface area contributed by atoms with Crippen LogP contribution in [0.3, 0.4) is 0 Å². The van der Waals surface area contributed by atoms with Gasteiger partial charge in [0.25, 0.3) is 0 Å². The number of hydrogen-bond acceptors (Lipinski definition) is 26. The molecule has 4 aliphatic heterocycles. The van der Waals surface area contributed by atoms with Crippen LogP contribution in [0.25, 0.3) is 0 Å². The van der Waals surface area contributed by atoms with E-state index in [-0.39, 0.29) is 112 Å². The fourth-order valence-electron chi connectivity index (χ4n) is 8.27. The van der Waals surface area contributed by atoms with Gasteiger partial charge >= 0.3 is 76.5 Å². The molecule has 4 unspecified atom stereocenters. The minimum atomic E-state index is -1.48. The Morgan fingerprint density at radius 2 is 1.02 bits per heavy atom. The number of Topliss-reactive ketones (excluding diaryl/α,β-unsaturated/α-hetero) is 1. The third-order valence-electron chi connectivity index (χ3n) is 11.8. The number of carbonyl (C=O) groups excluding carboxylic acids is 6. The molecule has 0 saturated carbocycles. The van der Waals surface area contributed by atoms with E-state index in [9.17, 15) is 28.8 Å². The number of thiol groups is 4. The van der Waals surface area contributed by atoms with Crippen LogP contribution in [0, 0.1) is 0 Å². The number of allylic oxidation sites excluding steroid dienone is 2. The van der Waals surface area contributed by atoms with Crippen LogP contribution in [0.5, 0.6) is 0 Å². The maximum atomic E-state index is 11.7. The van der Waals surface area contributed by atoms with Crippen molar-refractivity contribution in [3.05, 3.63) is 73.0 Å². The topological polar surface area (TPSA) is 213 Å². The van der Waals surface area contributed by atoms with Crippen molar-refractivity contribution in [1.82, 2.24) is 0 Å². The van der Waals surface area contributed by atoms with Gasteiger partial charge in [0.1, 0.15) is 23.3 Å². The van der Waals surface area contributed by atoms with Crippen LogP contribution in [-0.2, 0) is 93.9 Å². The monoisotopic (exact) mass is 1770 g/mol. The van der Waals surface area contributed by atoms with Gasteiger partial charge in [0.2, 0.25) is 16.6 Å². The van der Waals surface area contributed by atoms with Crippen LogP contribution in [0.1, 0.15) is 131 Å². The maximum absolute atomic E-state index is 11.7. The van der Waals surface area contributed by atoms with E-state index in [4.69, 9.17) is 62.1 Å². The first kappa shape index (κ1) is 109. The molecule has 99 heavy (non-hydrogen) atoms. The summed E-state index contributed by atoms with van der Waals surface area (Å²) in [5, 5.41) is 1.18. The molecule has 3 saturated heterocycles. The average Bonchev–Trinajstić information content (AvgIpc) is 0.943. The number of ketones is 2. The molecule has 4 aliphatic rings. The van der Waals surface area contributed by atoms with Gasteiger partial charge in [0.15, 0.2) is 16.0 Å². The van der Waals surface area contributed by atoms with Gasteiger partial charge in [-0.05, 0) is 101 Å². The fourth-order valence-corrected chi connectivity index (χ4v) is 13.9. The molecule has 18 nitrogen and oxygen atoms in total. The van der Waals surface area contributed by atoms with Crippen LogP contribution in [0.15, 0.2) is 73.0 Å². The third-order valence-corrected chi connectivity index (χ3v) is 18.0. The zero-order chi connectivity index (χ0) is 75.7. The van der Waals surface area contributed by atoms with Gasteiger partial charge in [0.05, 0.1) is 62.0 Å². The van der Waals surface area contributed by atoms with Gasteiger partial charge in [0, 0.05) is 83.5 Å². The van der Waals surface area contributed by atoms with Gasteiger partial charge < -0.3 is 55.9 Å². The zero-order valence-corrected chi connectivity index (χ0v) is 77.3. The SMILES string of the molecule is C=C(/C=C/OC)O[Si](C)(C)C.C=C(O[Si](C)(C)C)SCC.C=C1C[C@H](CC(=O)SCC)O[C@@H](CCOB(P)S)C1.C=C1C[C@H](CC=O)O[C@@H](CCOB(P)S)C1.CC.CCSC(=O)C[C@H]1CC(=O)C[C@H](CCOB(P)S)O1.I.O=C1C=CO[C@@H](CCOB(P)S)C1.[B]=[S-](=P)OCCC=O. The number of carbonyl (C=O) groups is 6. The second-order valence-corrected chi connectivity index (χ2v) is 44.6. The molecular weight excluding hydrogens is 1660 g/mol. The Kier molecular flexibility index (Phi) is 77.3. The van der Waals surface area contributed by atoms with Crippen molar-refractivity contribution in [2.24, 2.45) is 0 Å². The molecule has 39 heteroatoms. The summed E-state index contributed by atoms with van der Waals surface area (Å²) in [7, 11) is 10.9. The minimum absolute atomic E-state index is 0. The molecule has 0 aliphatic carbocycles. The number of hydrogen-bond donors (Lipinski definition) is 4. The average molecular weight is 1780 g/mol. The van der Waals surface area contributed by atoms with Crippen molar-refractivity contribution in [1.29, 1.82) is 0 Å². The molecule has 4 rings (SSSR count). The van der Waals surface area contributed by atoms with Crippen molar-refractivity contribution in [3.8, 4) is 0 Å². The Bertz CT molecular complexity index is 2320. The quantitative estimate of drug-likeness (QED) is 0.00439. The number of methoxy groups -OCH3 is 1. The first-order chi connectivity index (χ1) is 46.0. The first-order valence-electron chi connectivity index (χ1n) is 32.5. The van der Waals surface area contributed by atoms with Crippen molar-refractivity contribution in [2.45, 2.75) is 213 Å². The summed E-state index contributed by atoms with van der Waals surface area (Å²) in [5.41, 5.74) is 2.33. The number of aldehydes is 2. The van der Waals surface area contributed by atoms with E-state index in [0.29, 0.717) is 90.2 Å². The summed E-state index contributed by atoms with van der Waals surface area (Å²) in [6, 6.07) is 0. The molecule has 0 aromatic carbocycles. The van der Waals surface area contributed by atoms with Crippen molar-refractivity contribution < 1.29 is 84.1 Å². The van der Waals surface area contributed by atoms with Crippen molar-refractivity contribution in [2.75, 3.05) is 57.4 Å². The van der Waals surface area contributed by atoms with Crippen LogP contribution < -0.4 is 0 Å². The number of rotatable bonds is 36. The number of thioether (sulfide) groups is 3. The van der Waals surface area contributed by atoms with Gasteiger partial charge in [-0.15, -0.1) is 60.4 Å². The van der Waals surface area contributed by atoms with Crippen molar-refractivity contribution in [3.63, 3.8) is 0 Å². The van der Waals surface area contributed by atoms with Crippen molar-refractivity contribution >= 4 is 245 Å². The molecule has 1 radical (unpaired) electrons. The zero-order valence-electron chi connectivity index (χ0n) is 60.5. The van der Waals surface area contributed by atoms with Gasteiger partial charge in [-0.25, -0.2) is 0 Å². The molecule has 0 aromatic heterocycles. The summed E-state index contributed by atoms with van der Waals surface area (Å²) in [5.74, 6) is 2.98. The first-order valence-corrected chi connectivity index (χ1v) is 49.4. The molecule has 11 atom stereocenters. The Hall–Kier alpha value is 1.65. The molecule has 0 amide bonds. The summed E-state index contributed by atoms with van der Waals surface area (Å²) in [4.78, 5) is 65.9.